The summed E-state index contributed by atoms with van der Waals surface area (Å²) in [5.74, 6) is 0.412. The molecule has 0 spiro atoms. The molecule has 1 aromatic carbocycles. The highest BCUT2D eigenvalue weighted by Gasteiger charge is 2.36. The Hall–Kier alpha value is -1.84. The van der Waals surface area contributed by atoms with Crippen LogP contribution in [0.25, 0.3) is 0 Å². The molecular weight excluding hydrogens is 288 g/mol. The Morgan fingerprint density at radius 1 is 1.26 bits per heavy atom. The lowest BCUT2D eigenvalue weighted by molar-refractivity contribution is -0.127. The van der Waals surface area contributed by atoms with E-state index in [9.17, 15) is 9.59 Å². The Morgan fingerprint density at radius 3 is 2.78 bits per heavy atom. The molecule has 124 valence electrons. The van der Waals surface area contributed by atoms with Gasteiger partial charge < -0.3 is 10.2 Å². The van der Waals surface area contributed by atoms with Crippen molar-refractivity contribution in [3.8, 4) is 0 Å². The summed E-state index contributed by atoms with van der Waals surface area (Å²) in [6.07, 6.45) is 5.02. The van der Waals surface area contributed by atoms with Gasteiger partial charge in [-0.1, -0.05) is 31.9 Å². The summed E-state index contributed by atoms with van der Waals surface area (Å²) in [7, 11) is 0. The molecule has 1 N–H and O–H groups in total. The molecule has 0 radical (unpaired) electrons. The fourth-order valence-electron chi connectivity index (χ4n) is 3.76. The molecule has 3 rings (SSSR count). The predicted octanol–water partition coefficient (Wildman–Crippen LogP) is 3.04. The number of nitrogens with zero attached hydrogens (tertiary/aromatic N) is 1. The molecule has 1 saturated carbocycles. The summed E-state index contributed by atoms with van der Waals surface area (Å²) >= 11 is 0. The van der Waals surface area contributed by atoms with Crippen LogP contribution in [0.2, 0.25) is 0 Å². The molecule has 4 heteroatoms. The third-order valence-corrected chi connectivity index (χ3v) is 5.25. The van der Waals surface area contributed by atoms with Crippen molar-refractivity contribution in [1.29, 1.82) is 0 Å². The van der Waals surface area contributed by atoms with Gasteiger partial charge in [0, 0.05) is 24.7 Å². The molecule has 1 aliphatic carbocycles. The van der Waals surface area contributed by atoms with E-state index in [0.717, 1.165) is 17.7 Å². The molecule has 1 saturated heterocycles. The average Bonchev–Trinajstić information content (AvgIpc) is 2.92. The van der Waals surface area contributed by atoms with Gasteiger partial charge in [0.05, 0.1) is 5.92 Å². The Kier molecular flexibility index (Phi) is 4.69. The first-order valence-corrected chi connectivity index (χ1v) is 8.72. The molecule has 1 aromatic rings. The normalized spacial score (nSPS) is 28.0. The summed E-state index contributed by atoms with van der Waals surface area (Å²) in [4.78, 5) is 26.6. The smallest absolute Gasteiger partial charge is 0.227 e. The highest BCUT2D eigenvalue weighted by Crippen LogP contribution is 2.28. The average molecular weight is 314 g/mol. The quantitative estimate of drug-likeness (QED) is 0.932. The number of amides is 2. The lowest BCUT2D eigenvalue weighted by Crippen LogP contribution is -2.44. The lowest BCUT2D eigenvalue weighted by atomic mass is 9.85. The van der Waals surface area contributed by atoms with Gasteiger partial charge in [-0.15, -0.1) is 0 Å². The SMILES string of the molecule is Cc1cccc(N2C[C@H](C(=O)N[C@H]3CCCC[C@H]3C)CC2=O)c1. The summed E-state index contributed by atoms with van der Waals surface area (Å²) in [5.41, 5.74) is 2.02. The third-order valence-electron chi connectivity index (χ3n) is 5.25. The van der Waals surface area contributed by atoms with Crippen molar-refractivity contribution in [1.82, 2.24) is 5.32 Å². The molecule has 4 nitrogen and oxygen atoms in total. The van der Waals surface area contributed by atoms with Gasteiger partial charge >= 0.3 is 0 Å². The first kappa shape index (κ1) is 16.0. The van der Waals surface area contributed by atoms with E-state index in [2.05, 4.69) is 12.2 Å². The maximum atomic E-state index is 12.6. The largest absolute Gasteiger partial charge is 0.353 e. The minimum atomic E-state index is -0.225. The maximum absolute atomic E-state index is 12.6. The Bertz CT molecular complexity index is 599. The second-order valence-electron chi connectivity index (χ2n) is 7.12. The van der Waals surface area contributed by atoms with E-state index in [1.54, 1.807) is 4.90 Å². The van der Waals surface area contributed by atoms with Crippen molar-refractivity contribution in [2.24, 2.45) is 11.8 Å². The first-order valence-electron chi connectivity index (χ1n) is 8.72. The number of hydrogen-bond donors (Lipinski definition) is 1. The zero-order valence-corrected chi connectivity index (χ0v) is 14.0. The van der Waals surface area contributed by atoms with Crippen LogP contribution in [-0.2, 0) is 9.59 Å². The second kappa shape index (κ2) is 6.73. The van der Waals surface area contributed by atoms with E-state index in [-0.39, 0.29) is 23.8 Å². The molecule has 23 heavy (non-hydrogen) atoms. The van der Waals surface area contributed by atoms with Crippen LogP contribution < -0.4 is 10.2 Å². The van der Waals surface area contributed by atoms with Gasteiger partial charge in [0.25, 0.3) is 0 Å². The number of anilines is 1. The number of carbonyl (C=O) groups is 2. The van der Waals surface area contributed by atoms with Crippen LogP contribution in [0, 0.1) is 18.8 Å². The van der Waals surface area contributed by atoms with E-state index in [1.807, 2.05) is 31.2 Å². The van der Waals surface area contributed by atoms with E-state index in [0.29, 0.717) is 18.9 Å². The van der Waals surface area contributed by atoms with Crippen LogP contribution in [0.4, 0.5) is 5.69 Å². The van der Waals surface area contributed by atoms with Crippen LogP contribution >= 0.6 is 0 Å². The van der Waals surface area contributed by atoms with E-state index < -0.39 is 0 Å². The van der Waals surface area contributed by atoms with Gasteiger partial charge in [0.15, 0.2) is 0 Å². The number of nitrogens with one attached hydrogen (secondary N) is 1. The summed E-state index contributed by atoms with van der Waals surface area (Å²) < 4.78 is 0. The lowest BCUT2D eigenvalue weighted by Gasteiger charge is -2.30. The first-order chi connectivity index (χ1) is 11.0. The number of benzene rings is 1. The molecule has 1 aliphatic heterocycles. The Morgan fingerprint density at radius 2 is 2.04 bits per heavy atom. The Labute approximate surface area is 138 Å². The van der Waals surface area contributed by atoms with E-state index in [1.165, 1.54) is 19.3 Å². The van der Waals surface area contributed by atoms with Crippen LogP contribution in [0.3, 0.4) is 0 Å². The van der Waals surface area contributed by atoms with Gasteiger partial charge in [0.2, 0.25) is 11.8 Å². The maximum Gasteiger partial charge on any atom is 0.227 e. The number of rotatable bonds is 3. The van der Waals surface area contributed by atoms with Gasteiger partial charge in [-0.2, -0.15) is 0 Å². The second-order valence-corrected chi connectivity index (χ2v) is 7.12. The van der Waals surface area contributed by atoms with Gasteiger partial charge in [0.1, 0.15) is 0 Å². The van der Waals surface area contributed by atoms with Crippen LogP contribution in [-0.4, -0.2) is 24.4 Å². The predicted molar refractivity (Wildman–Crippen MR) is 91.2 cm³/mol. The number of hydrogen-bond acceptors (Lipinski definition) is 2. The molecule has 0 aromatic heterocycles. The zero-order chi connectivity index (χ0) is 16.4. The van der Waals surface area contributed by atoms with Gasteiger partial charge in [-0.05, 0) is 43.4 Å². The molecule has 2 aliphatic rings. The molecular formula is C19H26N2O2. The van der Waals surface area contributed by atoms with Crippen molar-refractivity contribution < 1.29 is 9.59 Å². The minimum absolute atomic E-state index is 0.0484. The summed E-state index contributed by atoms with van der Waals surface area (Å²) in [5, 5.41) is 3.20. The van der Waals surface area contributed by atoms with Crippen LogP contribution in [0.1, 0.15) is 44.6 Å². The third kappa shape index (κ3) is 3.57. The van der Waals surface area contributed by atoms with Gasteiger partial charge in [-0.3, -0.25) is 9.59 Å². The highest BCUT2D eigenvalue weighted by molar-refractivity contribution is 6.00. The Balaban J connectivity index is 1.63. The monoisotopic (exact) mass is 314 g/mol. The minimum Gasteiger partial charge on any atom is -0.353 e. The molecule has 1 heterocycles. The fraction of sp³-hybridized carbons (Fsp3) is 0.579. The standard InChI is InChI=1S/C19H26N2O2/c1-13-6-5-8-16(10-13)21-12-15(11-18(21)22)19(23)20-17-9-4-3-7-14(17)2/h5-6,8,10,14-15,17H,3-4,7,9,11-12H2,1-2H3,(H,20,23)/t14-,15-,17+/m1/s1. The van der Waals surface area contributed by atoms with Crippen molar-refractivity contribution in [2.45, 2.75) is 52.0 Å². The molecule has 0 bridgehead atoms. The van der Waals surface area contributed by atoms with E-state index >= 15 is 0 Å². The van der Waals surface area contributed by atoms with Crippen molar-refractivity contribution >= 4 is 17.5 Å². The number of aryl methyl sites for hydroxylation is 1. The summed E-state index contributed by atoms with van der Waals surface area (Å²) in [6.45, 7) is 4.72. The number of carbonyl (C=O) groups excluding carboxylic acids is 2. The topological polar surface area (TPSA) is 49.4 Å². The highest BCUT2D eigenvalue weighted by atomic mass is 16.2. The molecule has 0 unspecified atom stereocenters. The van der Waals surface area contributed by atoms with Crippen molar-refractivity contribution in [3.05, 3.63) is 29.8 Å². The van der Waals surface area contributed by atoms with Crippen molar-refractivity contribution in [2.75, 3.05) is 11.4 Å². The fourth-order valence-corrected chi connectivity index (χ4v) is 3.76. The van der Waals surface area contributed by atoms with Crippen molar-refractivity contribution in [3.63, 3.8) is 0 Å². The summed E-state index contributed by atoms with van der Waals surface area (Å²) in [6, 6.07) is 8.18. The zero-order valence-electron chi connectivity index (χ0n) is 14.0. The molecule has 3 atom stereocenters. The van der Waals surface area contributed by atoms with Gasteiger partial charge in [-0.25, -0.2) is 0 Å². The molecule has 2 amide bonds. The van der Waals surface area contributed by atoms with E-state index in [4.69, 9.17) is 0 Å². The van der Waals surface area contributed by atoms with Crippen LogP contribution in [0.15, 0.2) is 24.3 Å². The molecule has 2 fully saturated rings. The van der Waals surface area contributed by atoms with Crippen LogP contribution in [0.5, 0.6) is 0 Å².